The van der Waals surface area contributed by atoms with Crippen LogP contribution in [-0.4, -0.2) is 79.3 Å². The fourth-order valence-corrected chi connectivity index (χ4v) is 5.20. The van der Waals surface area contributed by atoms with Crippen LogP contribution in [0.1, 0.15) is 0 Å². The number of sulfonamides is 1. The maximum absolute atomic E-state index is 12.8. The monoisotopic (exact) mass is 516 g/mol. The minimum Gasteiger partial charge on any atom is -0.497 e. The van der Waals surface area contributed by atoms with Crippen LogP contribution in [-0.2, 0) is 21.9 Å². The number of hydrogen-bond donors (Lipinski definition) is 1. The lowest BCUT2D eigenvalue weighted by Crippen LogP contribution is -2.49. The summed E-state index contributed by atoms with van der Waals surface area (Å²) in [6, 6.07) is 14.9. The van der Waals surface area contributed by atoms with Gasteiger partial charge in [0.2, 0.25) is 15.9 Å². The molecule has 0 unspecified atom stereocenters. The van der Waals surface area contributed by atoms with E-state index in [4.69, 9.17) is 4.74 Å². The summed E-state index contributed by atoms with van der Waals surface area (Å²) in [6.45, 7) is 2.90. The molecule has 1 aliphatic heterocycles. The van der Waals surface area contributed by atoms with Crippen molar-refractivity contribution in [2.24, 2.45) is 7.05 Å². The van der Waals surface area contributed by atoms with Gasteiger partial charge in [-0.05, 0) is 48.5 Å². The summed E-state index contributed by atoms with van der Waals surface area (Å²) in [5, 5.41) is 9.12. The number of nitrogens with one attached hydrogen (secondary N) is 1. The van der Waals surface area contributed by atoms with Gasteiger partial charge in [-0.1, -0.05) is 11.8 Å². The molecule has 1 aliphatic rings. The number of amides is 1. The molecule has 12 heteroatoms. The van der Waals surface area contributed by atoms with Crippen molar-refractivity contribution < 1.29 is 17.9 Å². The second-order valence-corrected chi connectivity index (χ2v) is 10.9. The lowest BCUT2D eigenvalue weighted by Gasteiger charge is -2.36. The number of ether oxygens (including phenoxy) is 1. The van der Waals surface area contributed by atoms with E-state index < -0.39 is 10.0 Å². The standard InChI is InChI=1S/C23H28N6O4S2/c1-27-22(17-4-6-18(7-5-17)26-35(3,31)32)24-25-23(27)34-16-21(30)29-14-12-28(13-15-29)19-8-10-20(33-2)11-9-19/h4-11,26H,12-16H2,1-3H3. The molecule has 0 bridgehead atoms. The zero-order valence-corrected chi connectivity index (χ0v) is 21.5. The SMILES string of the molecule is COc1ccc(N2CCN(C(=O)CSc3nnc(-c4ccc(NS(C)(=O)=O)cc4)n3C)CC2)cc1. The summed E-state index contributed by atoms with van der Waals surface area (Å²) < 4.78 is 32.2. The number of anilines is 2. The predicted molar refractivity (Wildman–Crippen MR) is 137 cm³/mol. The Hall–Kier alpha value is -3.25. The summed E-state index contributed by atoms with van der Waals surface area (Å²) in [7, 11) is 0.163. The van der Waals surface area contributed by atoms with Crippen molar-refractivity contribution in [3.8, 4) is 17.1 Å². The zero-order valence-electron chi connectivity index (χ0n) is 19.8. The van der Waals surface area contributed by atoms with Crippen LogP contribution in [0.15, 0.2) is 53.7 Å². The van der Waals surface area contributed by atoms with E-state index in [0.29, 0.717) is 29.8 Å². The number of methoxy groups -OCH3 is 1. The van der Waals surface area contributed by atoms with Crippen LogP contribution < -0.4 is 14.4 Å². The summed E-state index contributed by atoms with van der Waals surface area (Å²) in [5.41, 5.74) is 2.40. The molecule has 1 fully saturated rings. The van der Waals surface area contributed by atoms with Crippen LogP contribution in [0.25, 0.3) is 11.4 Å². The average Bonchev–Trinajstić information content (AvgIpc) is 3.22. The molecule has 1 amide bonds. The topological polar surface area (TPSA) is 110 Å². The van der Waals surface area contributed by atoms with E-state index >= 15 is 0 Å². The largest absolute Gasteiger partial charge is 0.497 e. The van der Waals surface area contributed by atoms with Crippen molar-refractivity contribution in [2.75, 3.05) is 54.9 Å². The van der Waals surface area contributed by atoms with E-state index in [2.05, 4.69) is 19.8 Å². The van der Waals surface area contributed by atoms with Crippen molar-refractivity contribution in [1.82, 2.24) is 19.7 Å². The number of thioether (sulfide) groups is 1. The molecular weight excluding hydrogens is 488 g/mol. The molecule has 0 spiro atoms. The Kier molecular flexibility index (Phi) is 7.51. The van der Waals surface area contributed by atoms with Gasteiger partial charge in [-0.25, -0.2) is 8.42 Å². The molecule has 1 N–H and O–H groups in total. The van der Waals surface area contributed by atoms with Gasteiger partial charge in [0.1, 0.15) is 5.75 Å². The van der Waals surface area contributed by atoms with E-state index in [0.717, 1.165) is 36.3 Å². The number of benzene rings is 2. The molecule has 186 valence electrons. The summed E-state index contributed by atoms with van der Waals surface area (Å²) in [4.78, 5) is 16.9. The Morgan fingerprint density at radius 2 is 1.69 bits per heavy atom. The van der Waals surface area contributed by atoms with Crippen molar-refractivity contribution in [1.29, 1.82) is 0 Å². The first-order valence-electron chi connectivity index (χ1n) is 11.0. The van der Waals surface area contributed by atoms with Gasteiger partial charge in [0.15, 0.2) is 11.0 Å². The molecule has 1 aromatic heterocycles. The van der Waals surface area contributed by atoms with E-state index in [1.165, 1.54) is 11.8 Å². The third-order valence-corrected chi connectivity index (χ3v) is 7.29. The number of nitrogens with zero attached hydrogens (tertiary/aromatic N) is 5. The highest BCUT2D eigenvalue weighted by Gasteiger charge is 2.22. The lowest BCUT2D eigenvalue weighted by molar-refractivity contribution is -0.128. The normalized spacial score (nSPS) is 14.1. The van der Waals surface area contributed by atoms with Gasteiger partial charge in [-0.3, -0.25) is 9.52 Å². The van der Waals surface area contributed by atoms with Crippen molar-refractivity contribution in [3.05, 3.63) is 48.5 Å². The second kappa shape index (κ2) is 10.6. The Labute approximate surface area is 209 Å². The van der Waals surface area contributed by atoms with E-state index in [1.54, 1.807) is 31.4 Å². The summed E-state index contributed by atoms with van der Waals surface area (Å²) >= 11 is 1.36. The minimum absolute atomic E-state index is 0.0742. The first-order chi connectivity index (χ1) is 16.7. The van der Waals surface area contributed by atoms with Crippen molar-refractivity contribution in [3.63, 3.8) is 0 Å². The van der Waals surface area contributed by atoms with Gasteiger partial charge in [0.25, 0.3) is 0 Å². The summed E-state index contributed by atoms with van der Waals surface area (Å²) in [6.07, 6.45) is 1.11. The van der Waals surface area contributed by atoms with E-state index in [9.17, 15) is 13.2 Å². The first-order valence-corrected chi connectivity index (χ1v) is 13.9. The number of piperazine rings is 1. The molecule has 0 saturated carbocycles. The summed E-state index contributed by atoms with van der Waals surface area (Å²) in [5.74, 6) is 1.82. The quantitative estimate of drug-likeness (QED) is 0.454. The molecule has 0 aliphatic carbocycles. The Balaban J connectivity index is 1.30. The van der Waals surface area contributed by atoms with Crippen LogP contribution in [0.4, 0.5) is 11.4 Å². The molecular formula is C23H28N6O4S2. The van der Waals surface area contributed by atoms with Crippen LogP contribution in [0, 0.1) is 0 Å². The molecule has 10 nitrogen and oxygen atoms in total. The zero-order chi connectivity index (χ0) is 25.0. The van der Waals surface area contributed by atoms with Crippen molar-refractivity contribution >= 4 is 39.1 Å². The van der Waals surface area contributed by atoms with Crippen LogP contribution in [0.2, 0.25) is 0 Å². The van der Waals surface area contributed by atoms with E-state index in [1.807, 2.05) is 40.8 Å². The first kappa shape index (κ1) is 24.9. The molecule has 0 radical (unpaired) electrons. The number of hydrogen-bond acceptors (Lipinski definition) is 8. The second-order valence-electron chi connectivity index (χ2n) is 8.17. The molecule has 2 heterocycles. The fraction of sp³-hybridized carbons (Fsp3) is 0.348. The Morgan fingerprint density at radius 3 is 2.29 bits per heavy atom. The lowest BCUT2D eigenvalue weighted by atomic mass is 10.2. The van der Waals surface area contributed by atoms with Crippen LogP contribution in [0.3, 0.4) is 0 Å². The minimum atomic E-state index is -3.33. The fourth-order valence-electron chi connectivity index (χ4n) is 3.82. The average molecular weight is 517 g/mol. The van der Waals surface area contributed by atoms with Crippen molar-refractivity contribution in [2.45, 2.75) is 5.16 Å². The maximum atomic E-state index is 12.8. The van der Waals surface area contributed by atoms with Gasteiger partial charge in [0.05, 0.1) is 19.1 Å². The van der Waals surface area contributed by atoms with E-state index in [-0.39, 0.29) is 11.7 Å². The highest BCUT2D eigenvalue weighted by Crippen LogP contribution is 2.25. The number of aromatic nitrogens is 3. The predicted octanol–water partition coefficient (Wildman–Crippen LogP) is 2.30. The third kappa shape index (κ3) is 6.25. The van der Waals surface area contributed by atoms with Crippen LogP contribution in [0.5, 0.6) is 5.75 Å². The molecule has 4 rings (SSSR count). The number of rotatable bonds is 8. The Morgan fingerprint density at radius 1 is 1.03 bits per heavy atom. The van der Waals surface area contributed by atoms with Gasteiger partial charge >= 0.3 is 0 Å². The van der Waals surface area contributed by atoms with Gasteiger partial charge in [0, 0.05) is 50.2 Å². The van der Waals surface area contributed by atoms with Gasteiger partial charge in [-0.2, -0.15) is 0 Å². The highest BCUT2D eigenvalue weighted by molar-refractivity contribution is 7.99. The Bertz CT molecular complexity index is 1270. The number of carbonyl (C=O) groups excluding carboxylic acids is 1. The van der Waals surface area contributed by atoms with Gasteiger partial charge < -0.3 is 19.1 Å². The van der Waals surface area contributed by atoms with Crippen LogP contribution >= 0.6 is 11.8 Å². The van der Waals surface area contributed by atoms with Gasteiger partial charge in [-0.15, -0.1) is 10.2 Å². The third-order valence-electron chi connectivity index (χ3n) is 5.68. The smallest absolute Gasteiger partial charge is 0.233 e. The molecule has 0 atom stereocenters. The number of carbonyl (C=O) groups is 1. The molecule has 2 aromatic carbocycles. The molecule has 1 saturated heterocycles. The molecule has 35 heavy (non-hydrogen) atoms. The molecule has 3 aromatic rings. The maximum Gasteiger partial charge on any atom is 0.233 e. The highest BCUT2D eigenvalue weighted by atomic mass is 32.2.